The van der Waals surface area contributed by atoms with Gasteiger partial charge in [0.05, 0.1) is 12.5 Å². The van der Waals surface area contributed by atoms with Gasteiger partial charge in [0.15, 0.2) is 0 Å². The fourth-order valence-electron chi connectivity index (χ4n) is 2.96. The number of nitrogens with zero attached hydrogens (tertiary/aromatic N) is 4. The summed E-state index contributed by atoms with van der Waals surface area (Å²) in [5.41, 5.74) is 2.32. The van der Waals surface area contributed by atoms with E-state index < -0.39 is 0 Å². The van der Waals surface area contributed by atoms with Crippen molar-refractivity contribution in [3.8, 4) is 5.13 Å². The molecule has 6 nitrogen and oxygen atoms in total. The van der Waals surface area contributed by atoms with Crippen molar-refractivity contribution in [1.29, 1.82) is 0 Å². The number of aromatic nitrogens is 3. The number of carbonyl (C=O) groups excluding carboxylic acids is 1. The Hall–Kier alpha value is -1.89. The Kier molecular flexibility index (Phi) is 4.66. The molecule has 7 heteroatoms. The van der Waals surface area contributed by atoms with Crippen LogP contribution in [0.25, 0.3) is 5.13 Å². The molecular formula is C16H22N4O2S. The minimum atomic E-state index is -0.0660. The molecule has 124 valence electrons. The standard InChI is InChI=1S/C16H22N4O2S/c1-4-22-14(21)13-7-9-19(10-8-13)15-17-18-16(23-15)20-11(2)5-6-12(20)3/h5-6,13H,4,7-10H2,1-3H3. The Labute approximate surface area is 140 Å². The molecule has 0 atom stereocenters. The lowest BCUT2D eigenvalue weighted by Crippen LogP contribution is -2.36. The van der Waals surface area contributed by atoms with Gasteiger partial charge in [0, 0.05) is 24.5 Å². The third-order valence-corrected chi connectivity index (χ3v) is 5.22. The molecule has 0 aliphatic carbocycles. The van der Waals surface area contributed by atoms with Crippen molar-refractivity contribution < 1.29 is 9.53 Å². The minimum absolute atomic E-state index is 0.0209. The van der Waals surface area contributed by atoms with Gasteiger partial charge in [-0.3, -0.25) is 9.36 Å². The summed E-state index contributed by atoms with van der Waals surface area (Å²) in [6.07, 6.45) is 1.63. The Morgan fingerprint density at radius 2 is 1.83 bits per heavy atom. The Balaban J connectivity index is 1.67. The first-order chi connectivity index (χ1) is 11.1. The molecule has 2 aromatic heterocycles. The van der Waals surface area contributed by atoms with Gasteiger partial charge < -0.3 is 9.64 Å². The zero-order valence-corrected chi connectivity index (χ0v) is 14.6. The van der Waals surface area contributed by atoms with Gasteiger partial charge in [0.1, 0.15) is 0 Å². The molecule has 0 aromatic carbocycles. The number of rotatable bonds is 4. The Morgan fingerprint density at radius 1 is 1.22 bits per heavy atom. The molecule has 1 aliphatic heterocycles. The number of hydrogen-bond donors (Lipinski definition) is 0. The average Bonchev–Trinajstić information content (AvgIpc) is 3.14. The molecular weight excluding hydrogens is 312 g/mol. The van der Waals surface area contributed by atoms with Crippen LogP contribution in [-0.4, -0.2) is 40.4 Å². The molecule has 0 spiro atoms. The summed E-state index contributed by atoms with van der Waals surface area (Å²) in [6.45, 7) is 8.08. The minimum Gasteiger partial charge on any atom is -0.466 e. The van der Waals surface area contributed by atoms with Crippen LogP contribution >= 0.6 is 11.3 Å². The van der Waals surface area contributed by atoms with Gasteiger partial charge in [-0.2, -0.15) is 0 Å². The fraction of sp³-hybridized carbons (Fsp3) is 0.562. The van der Waals surface area contributed by atoms with Crippen LogP contribution in [0.2, 0.25) is 0 Å². The van der Waals surface area contributed by atoms with Crippen LogP contribution < -0.4 is 4.90 Å². The maximum Gasteiger partial charge on any atom is 0.309 e. The first kappa shape index (κ1) is 16.0. The van der Waals surface area contributed by atoms with Crippen LogP contribution in [0, 0.1) is 19.8 Å². The molecule has 0 bridgehead atoms. The first-order valence-corrected chi connectivity index (χ1v) is 8.82. The molecule has 0 N–H and O–H groups in total. The number of hydrogen-bond acceptors (Lipinski definition) is 6. The lowest BCUT2D eigenvalue weighted by atomic mass is 9.97. The van der Waals surface area contributed by atoms with Gasteiger partial charge in [0.2, 0.25) is 10.3 Å². The zero-order chi connectivity index (χ0) is 16.4. The van der Waals surface area contributed by atoms with Gasteiger partial charge in [-0.05, 0) is 45.7 Å². The van der Waals surface area contributed by atoms with Crippen LogP contribution in [0.3, 0.4) is 0 Å². The summed E-state index contributed by atoms with van der Waals surface area (Å²) in [5, 5.41) is 10.5. The third-order valence-electron chi connectivity index (χ3n) is 4.25. The summed E-state index contributed by atoms with van der Waals surface area (Å²) < 4.78 is 7.23. The Bertz CT molecular complexity index is 667. The van der Waals surface area contributed by atoms with E-state index in [4.69, 9.17) is 4.74 Å². The number of aryl methyl sites for hydroxylation is 2. The first-order valence-electron chi connectivity index (χ1n) is 8.00. The van der Waals surface area contributed by atoms with Crippen molar-refractivity contribution in [2.75, 3.05) is 24.6 Å². The van der Waals surface area contributed by atoms with E-state index >= 15 is 0 Å². The van der Waals surface area contributed by atoms with Crippen molar-refractivity contribution >= 4 is 22.4 Å². The van der Waals surface area contributed by atoms with E-state index in [0.29, 0.717) is 6.61 Å². The summed E-state index contributed by atoms with van der Waals surface area (Å²) in [4.78, 5) is 14.0. The highest BCUT2D eigenvalue weighted by atomic mass is 32.1. The van der Waals surface area contributed by atoms with Crippen LogP contribution in [0.1, 0.15) is 31.2 Å². The van der Waals surface area contributed by atoms with E-state index in [1.165, 1.54) is 0 Å². The fourth-order valence-corrected chi connectivity index (χ4v) is 3.98. The van der Waals surface area contributed by atoms with Crippen LogP contribution in [0.15, 0.2) is 12.1 Å². The second kappa shape index (κ2) is 6.70. The van der Waals surface area contributed by atoms with Crippen molar-refractivity contribution in [3.05, 3.63) is 23.5 Å². The molecule has 23 heavy (non-hydrogen) atoms. The molecule has 0 unspecified atom stereocenters. The predicted molar refractivity (Wildman–Crippen MR) is 90.3 cm³/mol. The third kappa shape index (κ3) is 3.24. The van der Waals surface area contributed by atoms with Gasteiger partial charge in [0.25, 0.3) is 0 Å². The lowest BCUT2D eigenvalue weighted by molar-refractivity contribution is -0.148. The van der Waals surface area contributed by atoms with Crippen LogP contribution in [-0.2, 0) is 9.53 Å². The molecule has 1 fully saturated rings. The van der Waals surface area contributed by atoms with Gasteiger partial charge in [-0.1, -0.05) is 11.3 Å². The molecule has 3 heterocycles. The van der Waals surface area contributed by atoms with E-state index in [1.807, 2.05) is 6.92 Å². The number of ether oxygens (including phenoxy) is 1. The molecule has 0 saturated carbocycles. The topological polar surface area (TPSA) is 60.2 Å². The SMILES string of the molecule is CCOC(=O)C1CCN(c2nnc(-n3c(C)ccc3C)s2)CC1. The largest absolute Gasteiger partial charge is 0.466 e. The number of anilines is 1. The summed E-state index contributed by atoms with van der Waals surface area (Å²) in [6, 6.07) is 4.17. The molecule has 3 rings (SSSR count). The second-order valence-corrected chi connectivity index (χ2v) is 6.77. The van der Waals surface area contributed by atoms with Crippen molar-refractivity contribution in [2.24, 2.45) is 5.92 Å². The number of piperidine rings is 1. The van der Waals surface area contributed by atoms with Crippen molar-refractivity contribution in [3.63, 3.8) is 0 Å². The van der Waals surface area contributed by atoms with E-state index in [2.05, 4.69) is 45.6 Å². The summed E-state index contributed by atoms with van der Waals surface area (Å²) >= 11 is 1.60. The molecule has 2 aromatic rings. The molecule has 1 saturated heterocycles. The molecule has 1 aliphatic rings. The van der Waals surface area contributed by atoms with E-state index in [-0.39, 0.29) is 11.9 Å². The van der Waals surface area contributed by atoms with Crippen LogP contribution in [0.4, 0.5) is 5.13 Å². The highest BCUT2D eigenvalue weighted by molar-refractivity contribution is 7.17. The lowest BCUT2D eigenvalue weighted by Gasteiger charge is -2.30. The Morgan fingerprint density at radius 3 is 2.43 bits per heavy atom. The highest BCUT2D eigenvalue weighted by Gasteiger charge is 2.27. The number of esters is 1. The maximum absolute atomic E-state index is 11.8. The molecule has 0 radical (unpaired) electrons. The monoisotopic (exact) mass is 334 g/mol. The zero-order valence-electron chi connectivity index (χ0n) is 13.8. The van der Waals surface area contributed by atoms with E-state index in [0.717, 1.165) is 47.6 Å². The summed E-state index contributed by atoms with van der Waals surface area (Å²) in [7, 11) is 0. The normalized spacial score (nSPS) is 15.9. The van der Waals surface area contributed by atoms with Gasteiger partial charge in [-0.15, -0.1) is 10.2 Å². The predicted octanol–water partition coefficient (Wildman–Crippen LogP) is 2.73. The van der Waals surface area contributed by atoms with Crippen molar-refractivity contribution in [1.82, 2.24) is 14.8 Å². The van der Waals surface area contributed by atoms with E-state index in [1.54, 1.807) is 11.3 Å². The van der Waals surface area contributed by atoms with Crippen molar-refractivity contribution in [2.45, 2.75) is 33.6 Å². The van der Waals surface area contributed by atoms with Gasteiger partial charge in [-0.25, -0.2) is 0 Å². The molecule has 0 amide bonds. The highest BCUT2D eigenvalue weighted by Crippen LogP contribution is 2.29. The quantitative estimate of drug-likeness (QED) is 0.805. The summed E-state index contributed by atoms with van der Waals surface area (Å²) in [5.74, 6) is -0.0452. The van der Waals surface area contributed by atoms with Crippen LogP contribution in [0.5, 0.6) is 0 Å². The second-order valence-electron chi connectivity index (χ2n) is 5.83. The van der Waals surface area contributed by atoms with E-state index in [9.17, 15) is 4.79 Å². The maximum atomic E-state index is 11.8. The van der Waals surface area contributed by atoms with Gasteiger partial charge >= 0.3 is 5.97 Å². The smallest absolute Gasteiger partial charge is 0.309 e. The number of carbonyl (C=O) groups is 1. The average molecular weight is 334 g/mol.